The lowest BCUT2D eigenvalue weighted by Gasteiger charge is -2.19. The van der Waals surface area contributed by atoms with Crippen LogP contribution in [0.15, 0.2) is 0 Å². The Morgan fingerprint density at radius 2 is 2.00 bits per heavy atom. The lowest BCUT2D eigenvalue weighted by atomic mass is 10.1. The lowest BCUT2D eigenvalue weighted by Crippen LogP contribution is -2.38. The highest BCUT2D eigenvalue weighted by Crippen LogP contribution is 2.21. The van der Waals surface area contributed by atoms with Crippen molar-refractivity contribution in [3.8, 4) is 0 Å². The van der Waals surface area contributed by atoms with Gasteiger partial charge in [0.15, 0.2) is 0 Å². The predicted octanol–water partition coefficient (Wildman–Crippen LogP) is 0.329. The van der Waals surface area contributed by atoms with Crippen LogP contribution < -0.4 is 17.0 Å². The van der Waals surface area contributed by atoms with E-state index >= 15 is 0 Å². The van der Waals surface area contributed by atoms with Crippen LogP contribution in [0.5, 0.6) is 0 Å². The summed E-state index contributed by atoms with van der Waals surface area (Å²) in [6.07, 6.45) is 0. The number of nitrogens with two attached hydrogens (primary N) is 2. The van der Waals surface area contributed by atoms with Gasteiger partial charge in [0.05, 0.1) is 0 Å². The molecule has 0 bridgehead atoms. The zero-order valence-corrected chi connectivity index (χ0v) is 9.93. The second-order valence-corrected chi connectivity index (χ2v) is 5.09. The van der Waals surface area contributed by atoms with Crippen molar-refractivity contribution in [3.05, 3.63) is 0 Å². The fourth-order valence-corrected chi connectivity index (χ4v) is 2.05. The summed E-state index contributed by atoms with van der Waals surface area (Å²) in [4.78, 5) is 11.2. The van der Waals surface area contributed by atoms with Gasteiger partial charge in [0.25, 0.3) is 0 Å². The van der Waals surface area contributed by atoms with Crippen molar-refractivity contribution in [3.63, 3.8) is 0 Å². The summed E-state index contributed by atoms with van der Waals surface area (Å²) in [6, 6.07) is 0. The number of hydrogen-bond acceptors (Lipinski definition) is 4. The fourth-order valence-electron chi connectivity index (χ4n) is 0.873. The molecule has 5 heteroatoms. The molecule has 0 spiro atoms. The van der Waals surface area contributed by atoms with Gasteiger partial charge in [-0.05, 0) is 18.2 Å². The number of amides is 1. The number of carbonyl (C=O) groups excluding carboxylic acids is 1. The number of hydrogen-bond donors (Lipinski definition) is 3. The van der Waals surface area contributed by atoms with Crippen LogP contribution in [0.2, 0.25) is 0 Å². The number of thioether (sulfide) groups is 1. The molecule has 0 aromatic carbocycles. The summed E-state index contributed by atoms with van der Waals surface area (Å²) in [7, 11) is 0. The summed E-state index contributed by atoms with van der Waals surface area (Å²) < 4.78 is 0. The van der Waals surface area contributed by atoms with Crippen molar-refractivity contribution >= 4 is 17.7 Å². The first-order valence-corrected chi connectivity index (χ1v) is 5.89. The molecule has 3 atom stereocenters. The maximum absolute atomic E-state index is 11.2. The minimum atomic E-state index is -0.106. The molecule has 5 N–H and O–H groups in total. The average molecular weight is 219 g/mol. The van der Waals surface area contributed by atoms with Crippen LogP contribution >= 0.6 is 11.8 Å². The highest BCUT2D eigenvalue weighted by atomic mass is 32.2. The van der Waals surface area contributed by atoms with Crippen LogP contribution in [0.4, 0.5) is 0 Å². The largest absolute Gasteiger partial charge is 0.330 e. The van der Waals surface area contributed by atoms with Crippen LogP contribution in [0.25, 0.3) is 0 Å². The van der Waals surface area contributed by atoms with Gasteiger partial charge in [-0.25, -0.2) is 5.84 Å². The van der Waals surface area contributed by atoms with Crippen molar-refractivity contribution < 1.29 is 4.79 Å². The minimum Gasteiger partial charge on any atom is -0.330 e. The highest BCUT2D eigenvalue weighted by Gasteiger charge is 2.19. The Morgan fingerprint density at radius 3 is 2.43 bits per heavy atom. The molecule has 4 nitrogen and oxygen atoms in total. The second kappa shape index (κ2) is 7.09. The van der Waals surface area contributed by atoms with Gasteiger partial charge in [-0.3, -0.25) is 10.2 Å². The summed E-state index contributed by atoms with van der Waals surface area (Å²) in [5.41, 5.74) is 7.68. The van der Waals surface area contributed by atoms with Crippen molar-refractivity contribution in [2.45, 2.75) is 26.0 Å². The Bertz CT molecular complexity index is 177. The molecule has 1 amide bonds. The third kappa shape index (κ3) is 4.83. The molecular formula is C9H21N3OS. The lowest BCUT2D eigenvalue weighted by molar-refractivity contribution is -0.124. The van der Waals surface area contributed by atoms with Gasteiger partial charge in [0.2, 0.25) is 5.91 Å². The first-order chi connectivity index (χ1) is 6.52. The van der Waals surface area contributed by atoms with E-state index in [9.17, 15) is 4.79 Å². The Hall–Kier alpha value is -0.260. The molecule has 0 saturated heterocycles. The third-order valence-electron chi connectivity index (χ3n) is 2.31. The van der Waals surface area contributed by atoms with Gasteiger partial charge in [-0.2, -0.15) is 11.8 Å². The van der Waals surface area contributed by atoms with E-state index in [4.69, 9.17) is 11.6 Å². The molecule has 0 rings (SSSR count). The first kappa shape index (κ1) is 13.7. The van der Waals surface area contributed by atoms with E-state index in [1.807, 2.05) is 13.8 Å². The van der Waals surface area contributed by atoms with E-state index in [1.165, 1.54) is 0 Å². The van der Waals surface area contributed by atoms with Crippen molar-refractivity contribution in [2.24, 2.45) is 23.4 Å². The molecule has 0 aliphatic carbocycles. The summed E-state index contributed by atoms with van der Waals surface area (Å²) in [5.74, 6) is 6.38. The maximum atomic E-state index is 11.2. The minimum absolute atomic E-state index is 0.0602. The van der Waals surface area contributed by atoms with Crippen LogP contribution in [-0.4, -0.2) is 23.5 Å². The summed E-state index contributed by atoms with van der Waals surface area (Å²) >= 11 is 1.76. The van der Waals surface area contributed by atoms with E-state index in [0.29, 0.717) is 12.5 Å². The smallest absolute Gasteiger partial charge is 0.237 e. The SMILES string of the molecule is CC(CN)CSC(C)C(C)C(=O)NN. The van der Waals surface area contributed by atoms with Gasteiger partial charge in [-0.15, -0.1) is 0 Å². The summed E-state index contributed by atoms with van der Waals surface area (Å²) in [5, 5.41) is 0.271. The molecule has 0 fully saturated rings. The number of nitrogens with one attached hydrogen (secondary N) is 1. The predicted molar refractivity (Wildman–Crippen MR) is 61.6 cm³/mol. The normalized spacial score (nSPS) is 17.2. The maximum Gasteiger partial charge on any atom is 0.237 e. The molecule has 3 unspecified atom stereocenters. The average Bonchev–Trinajstić information content (AvgIpc) is 2.22. The van der Waals surface area contributed by atoms with Crippen molar-refractivity contribution in [1.29, 1.82) is 0 Å². The van der Waals surface area contributed by atoms with Crippen molar-refractivity contribution in [1.82, 2.24) is 5.43 Å². The second-order valence-electron chi connectivity index (χ2n) is 3.68. The third-order valence-corrected chi connectivity index (χ3v) is 4.00. The Morgan fingerprint density at radius 1 is 1.43 bits per heavy atom. The van der Waals surface area contributed by atoms with Gasteiger partial charge in [0.1, 0.15) is 0 Å². The molecular weight excluding hydrogens is 198 g/mol. The number of rotatable bonds is 6. The molecule has 0 heterocycles. The van der Waals surface area contributed by atoms with E-state index in [0.717, 1.165) is 5.75 Å². The highest BCUT2D eigenvalue weighted by molar-refractivity contribution is 7.99. The monoisotopic (exact) mass is 219 g/mol. The van der Waals surface area contributed by atoms with Gasteiger partial charge in [0, 0.05) is 11.2 Å². The van der Waals surface area contributed by atoms with Crippen molar-refractivity contribution in [2.75, 3.05) is 12.3 Å². The molecule has 0 aromatic heterocycles. The van der Waals surface area contributed by atoms with E-state index < -0.39 is 0 Å². The van der Waals surface area contributed by atoms with Crippen LogP contribution in [0, 0.1) is 11.8 Å². The molecule has 0 aliphatic rings. The fraction of sp³-hybridized carbons (Fsp3) is 0.889. The zero-order chi connectivity index (χ0) is 11.1. The van der Waals surface area contributed by atoms with Gasteiger partial charge in [-0.1, -0.05) is 20.8 Å². The standard InChI is InChI=1S/C9H21N3OS/c1-6(4-10)5-14-8(3)7(2)9(13)12-11/h6-8H,4-5,10-11H2,1-3H3,(H,12,13). The van der Waals surface area contributed by atoms with E-state index in [-0.39, 0.29) is 17.1 Å². The van der Waals surface area contributed by atoms with Crippen LogP contribution in [0.3, 0.4) is 0 Å². The number of hydrazine groups is 1. The van der Waals surface area contributed by atoms with Crippen LogP contribution in [0.1, 0.15) is 20.8 Å². The quantitative estimate of drug-likeness (QED) is 0.341. The van der Waals surface area contributed by atoms with E-state index in [2.05, 4.69) is 12.3 Å². The molecule has 14 heavy (non-hydrogen) atoms. The van der Waals surface area contributed by atoms with Gasteiger partial charge >= 0.3 is 0 Å². The number of carbonyl (C=O) groups is 1. The van der Waals surface area contributed by atoms with Gasteiger partial charge < -0.3 is 5.73 Å². The summed E-state index contributed by atoms with van der Waals surface area (Å²) in [6.45, 7) is 6.71. The Kier molecular flexibility index (Phi) is 6.96. The molecule has 84 valence electrons. The Balaban J connectivity index is 3.83. The molecule has 0 aromatic rings. The molecule has 0 aliphatic heterocycles. The Labute approximate surface area is 90.1 Å². The molecule has 0 saturated carbocycles. The topological polar surface area (TPSA) is 81.1 Å². The van der Waals surface area contributed by atoms with Crippen LogP contribution in [-0.2, 0) is 4.79 Å². The zero-order valence-electron chi connectivity index (χ0n) is 9.12. The molecule has 0 radical (unpaired) electrons. The van der Waals surface area contributed by atoms with E-state index in [1.54, 1.807) is 11.8 Å². The first-order valence-electron chi connectivity index (χ1n) is 4.85.